The maximum atomic E-state index is 12.5. The molecular formula is C17H25N3O3. The molecule has 2 aliphatic rings. The first kappa shape index (κ1) is 16.2. The van der Waals surface area contributed by atoms with Crippen molar-refractivity contribution in [2.24, 2.45) is 0 Å². The standard InChI is InChI=1S/C17H25N3O3/c1-22-15-4-2-14(3-5-15)17(21)20-9-7-19(8-10-20)13-16-12-18-6-11-23-16/h2-5,16,18H,6-13H2,1H3. The number of ether oxygens (including phenoxy) is 2. The van der Waals surface area contributed by atoms with Crippen molar-refractivity contribution < 1.29 is 14.3 Å². The number of rotatable bonds is 4. The van der Waals surface area contributed by atoms with Gasteiger partial charge >= 0.3 is 0 Å². The number of hydrogen-bond donors (Lipinski definition) is 1. The fourth-order valence-corrected chi connectivity index (χ4v) is 3.07. The summed E-state index contributed by atoms with van der Waals surface area (Å²) in [7, 11) is 1.63. The summed E-state index contributed by atoms with van der Waals surface area (Å²) in [6.45, 7) is 6.95. The Morgan fingerprint density at radius 3 is 2.61 bits per heavy atom. The molecule has 0 aromatic heterocycles. The van der Waals surface area contributed by atoms with Gasteiger partial charge in [-0.2, -0.15) is 0 Å². The molecule has 2 fully saturated rings. The molecule has 2 saturated heterocycles. The van der Waals surface area contributed by atoms with E-state index in [9.17, 15) is 4.79 Å². The second kappa shape index (κ2) is 7.77. The van der Waals surface area contributed by atoms with E-state index in [1.165, 1.54) is 0 Å². The molecule has 0 spiro atoms. The Labute approximate surface area is 137 Å². The van der Waals surface area contributed by atoms with Crippen molar-refractivity contribution in [1.29, 1.82) is 0 Å². The van der Waals surface area contributed by atoms with Gasteiger partial charge in [0.2, 0.25) is 0 Å². The van der Waals surface area contributed by atoms with E-state index in [0.29, 0.717) is 0 Å². The molecule has 6 nitrogen and oxygen atoms in total. The molecule has 0 bridgehead atoms. The highest BCUT2D eigenvalue weighted by atomic mass is 16.5. The Bertz CT molecular complexity index is 506. The Morgan fingerprint density at radius 1 is 1.26 bits per heavy atom. The Balaban J connectivity index is 1.48. The van der Waals surface area contributed by atoms with E-state index in [2.05, 4.69) is 10.2 Å². The Morgan fingerprint density at radius 2 is 2.00 bits per heavy atom. The molecule has 1 atom stereocenters. The number of piperazine rings is 1. The van der Waals surface area contributed by atoms with Gasteiger partial charge in [0.05, 0.1) is 19.8 Å². The lowest BCUT2D eigenvalue weighted by atomic mass is 10.1. The topological polar surface area (TPSA) is 54.0 Å². The van der Waals surface area contributed by atoms with Crippen LogP contribution in [0.15, 0.2) is 24.3 Å². The van der Waals surface area contributed by atoms with Crippen molar-refractivity contribution in [3.63, 3.8) is 0 Å². The van der Waals surface area contributed by atoms with Crippen LogP contribution in [0.1, 0.15) is 10.4 Å². The van der Waals surface area contributed by atoms with Gasteiger partial charge in [-0.15, -0.1) is 0 Å². The van der Waals surface area contributed by atoms with Gasteiger partial charge in [-0.25, -0.2) is 0 Å². The van der Waals surface area contributed by atoms with Crippen molar-refractivity contribution in [2.75, 3.05) is 59.5 Å². The molecule has 0 radical (unpaired) electrons. The minimum atomic E-state index is 0.0999. The summed E-state index contributed by atoms with van der Waals surface area (Å²) in [4.78, 5) is 16.8. The summed E-state index contributed by atoms with van der Waals surface area (Å²) in [5.74, 6) is 0.871. The lowest BCUT2D eigenvalue weighted by molar-refractivity contribution is -0.00305. The van der Waals surface area contributed by atoms with Crippen LogP contribution in [0.2, 0.25) is 0 Å². The zero-order chi connectivity index (χ0) is 16.1. The molecule has 1 amide bonds. The van der Waals surface area contributed by atoms with Gasteiger partial charge in [0.25, 0.3) is 5.91 Å². The van der Waals surface area contributed by atoms with Crippen LogP contribution in [0.3, 0.4) is 0 Å². The maximum Gasteiger partial charge on any atom is 0.253 e. The fourth-order valence-electron chi connectivity index (χ4n) is 3.07. The van der Waals surface area contributed by atoms with Crippen molar-refractivity contribution in [1.82, 2.24) is 15.1 Å². The molecule has 1 N–H and O–H groups in total. The average Bonchev–Trinajstić information content (AvgIpc) is 2.63. The van der Waals surface area contributed by atoms with E-state index in [0.717, 1.165) is 63.7 Å². The molecule has 0 saturated carbocycles. The fraction of sp³-hybridized carbons (Fsp3) is 0.588. The van der Waals surface area contributed by atoms with Crippen LogP contribution >= 0.6 is 0 Å². The lowest BCUT2D eigenvalue weighted by Crippen LogP contribution is -2.52. The van der Waals surface area contributed by atoms with Gasteiger partial charge in [0, 0.05) is 51.4 Å². The van der Waals surface area contributed by atoms with Gasteiger partial charge in [0.1, 0.15) is 5.75 Å². The number of nitrogens with one attached hydrogen (secondary N) is 1. The summed E-state index contributed by atoms with van der Waals surface area (Å²) in [5.41, 5.74) is 0.721. The number of carbonyl (C=O) groups excluding carboxylic acids is 1. The quantitative estimate of drug-likeness (QED) is 0.873. The normalized spacial score (nSPS) is 22.8. The van der Waals surface area contributed by atoms with E-state index in [1.807, 2.05) is 29.2 Å². The van der Waals surface area contributed by atoms with Crippen LogP contribution in [0.25, 0.3) is 0 Å². The summed E-state index contributed by atoms with van der Waals surface area (Å²) in [6, 6.07) is 7.32. The SMILES string of the molecule is COc1ccc(C(=O)N2CCN(CC3CNCCO3)CC2)cc1. The first-order chi connectivity index (χ1) is 11.3. The summed E-state index contributed by atoms with van der Waals surface area (Å²) in [5, 5.41) is 3.36. The number of nitrogens with zero attached hydrogens (tertiary/aromatic N) is 2. The summed E-state index contributed by atoms with van der Waals surface area (Å²) < 4.78 is 10.9. The second-order valence-electron chi connectivity index (χ2n) is 6.02. The van der Waals surface area contributed by atoms with Crippen LogP contribution < -0.4 is 10.1 Å². The molecule has 126 valence electrons. The van der Waals surface area contributed by atoms with E-state index in [-0.39, 0.29) is 12.0 Å². The molecule has 2 heterocycles. The van der Waals surface area contributed by atoms with Crippen molar-refractivity contribution >= 4 is 5.91 Å². The highest BCUT2D eigenvalue weighted by Gasteiger charge is 2.24. The molecule has 1 aromatic carbocycles. The van der Waals surface area contributed by atoms with Crippen molar-refractivity contribution in [2.45, 2.75) is 6.10 Å². The van der Waals surface area contributed by atoms with Gasteiger partial charge in [-0.3, -0.25) is 9.69 Å². The van der Waals surface area contributed by atoms with E-state index >= 15 is 0 Å². The van der Waals surface area contributed by atoms with Gasteiger partial charge in [-0.1, -0.05) is 0 Å². The molecule has 1 aromatic rings. The first-order valence-corrected chi connectivity index (χ1v) is 8.24. The average molecular weight is 319 g/mol. The van der Waals surface area contributed by atoms with Crippen LogP contribution in [0.5, 0.6) is 5.75 Å². The predicted octanol–water partition coefficient (Wildman–Crippen LogP) is 0.441. The molecule has 0 aliphatic carbocycles. The van der Waals surface area contributed by atoms with Crippen LogP contribution in [0, 0.1) is 0 Å². The molecule has 2 aliphatic heterocycles. The van der Waals surface area contributed by atoms with Crippen molar-refractivity contribution in [3.05, 3.63) is 29.8 Å². The highest BCUT2D eigenvalue weighted by molar-refractivity contribution is 5.94. The van der Waals surface area contributed by atoms with Gasteiger partial charge in [0.15, 0.2) is 0 Å². The van der Waals surface area contributed by atoms with Crippen molar-refractivity contribution in [3.8, 4) is 5.75 Å². The largest absolute Gasteiger partial charge is 0.497 e. The lowest BCUT2D eigenvalue weighted by Gasteiger charge is -2.37. The zero-order valence-corrected chi connectivity index (χ0v) is 13.7. The molecule has 1 unspecified atom stereocenters. The third-order valence-corrected chi connectivity index (χ3v) is 4.46. The highest BCUT2D eigenvalue weighted by Crippen LogP contribution is 2.14. The Kier molecular flexibility index (Phi) is 5.48. The number of carbonyl (C=O) groups is 1. The van der Waals surface area contributed by atoms with E-state index in [1.54, 1.807) is 7.11 Å². The first-order valence-electron chi connectivity index (χ1n) is 8.24. The van der Waals surface area contributed by atoms with Crippen LogP contribution in [-0.2, 0) is 4.74 Å². The molecule has 3 rings (SSSR count). The number of morpholine rings is 1. The second-order valence-corrected chi connectivity index (χ2v) is 6.02. The minimum absolute atomic E-state index is 0.0999. The van der Waals surface area contributed by atoms with Crippen LogP contribution in [-0.4, -0.2) is 81.3 Å². The monoisotopic (exact) mass is 319 g/mol. The number of hydrogen-bond acceptors (Lipinski definition) is 5. The molecule has 23 heavy (non-hydrogen) atoms. The van der Waals surface area contributed by atoms with Gasteiger partial charge < -0.3 is 19.7 Å². The van der Waals surface area contributed by atoms with E-state index in [4.69, 9.17) is 9.47 Å². The third kappa shape index (κ3) is 4.22. The predicted molar refractivity (Wildman–Crippen MR) is 87.9 cm³/mol. The number of methoxy groups -OCH3 is 1. The smallest absolute Gasteiger partial charge is 0.253 e. The third-order valence-electron chi connectivity index (χ3n) is 4.46. The summed E-state index contributed by atoms with van der Waals surface area (Å²) in [6.07, 6.45) is 0.271. The minimum Gasteiger partial charge on any atom is -0.497 e. The molecular weight excluding hydrogens is 294 g/mol. The van der Waals surface area contributed by atoms with Crippen LogP contribution in [0.4, 0.5) is 0 Å². The number of benzene rings is 1. The summed E-state index contributed by atoms with van der Waals surface area (Å²) >= 11 is 0. The number of amides is 1. The maximum absolute atomic E-state index is 12.5. The van der Waals surface area contributed by atoms with E-state index < -0.39 is 0 Å². The Hall–Kier alpha value is -1.63. The molecule has 6 heteroatoms. The van der Waals surface area contributed by atoms with Gasteiger partial charge in [-0.05, 0) is 24.3 Å². The zero-order valence-electron chi connectivity index (χ0n) is 13.7.